The summed E-state index contributed by atoms with van der Waals surface area (Å²) in [6.45, 7) is 1.70. The van der Waals surface area contributed by atoms with Gasteiger partial charge >= 0.3 is 0 Å². The lowest BCUT2D eigenvalue weighted by atomic mass is 10.1. The number of halogens is 1. The maximum absolute atomic E-state index is 12.7. The minimum Gasteiger partial charge on any atom is -0.497 e. The number of benzene rings is 2. The minimum atomic E-state index is -0.106. The van der Waals surface area contributed by atoms with Gasteiger partial charge in [-0.05, 0) is 35.9 Å². The van der Waals surface area contributed by atoms with Crippen LogP contribution in [0, 0.1) is 0 Å². The Kier molecular flexibility index (Phi) is 4.98. The van der Waals surface area contributed by atoms with Crippen molar-refractivity contribution in [2.75, 3.05) is 26.8 Å². The number of ether oxygens (including phenoxy) is 2. The van der Waals surface area contributed by atoms with Gasteiger partial charge in [0.15, 0.2) is 0 Å². The van der Waals surface area contributed by atoms with Crippen LogP contribution < -0.4 is 4.74 Å². The Hall–Kier alpha value is -1.85. The molecule has 5 heteroatoms. The van der Waals surface area contributed by atoms with Crippen LogP contribution in [0.4, 0.5) is 0 Å². The molecule has 0 aliphatic carbocycles. The normalized spacial score (nSPS) is 17.8. The van der Waals surface area contributed by atoms with E-state index >= 15 is 0 Å². The summed E-state index contributed by atoms with van der Waals surface area (Å²) in [5, 5.41) is 0. The average molecular weight is 376 g/mol. The summed E-state index contributed by atoms with van der Waals surface area (Å²) in [6, 6.07) is 15.3. The minimum absolute atomic E-state index is 0.0353. The number of rotatable bonds is 3. The van der Waals surface area contributed by atoms with Crippen molar-refractivity contribution >= 4 is 21.8 Å². The molecular weight excluding hydrogens is 358 g/mol. The van der Waals surface area contributed by atoms with E-state index in [0.717, 1.165) is 15.8 Å². The van der Waals surface area contributed by atoms with Gasteiger partial charge in [-0.25, -0.2) is 0 Å². The highest BCUT2D eigenvalue weighted by atomic mass is 79.9. The molecule has 4 nitrogen and oxygen atoms in total. The second kappa shape index (κ2) is 7.15. The zero-order chi connectivity index (χ0) is 16.2. The monoisotopic (exact) mass is 375 g/mol. The van der Waals surface area contributed by atoms with Crippen molar-refractivity contribution in [1.29, 1.82) is 0 Å². The molecule has 1 amide bonds. The number of carbonyl (C=O) groups is 1. The van der Waals surface area contributed by atoms with Gasteiger partial charge < -0.3 is 14.4 Å². The van der Waals surface area contributed by atoms with Crippen molar-refractivity contribution < 1.29 is 14.3 Å². The van der Waals surface area contributed by atoms with Gasteiger partial charge in [0.25, 0.3) is 5.91 Å². The summed E-state index contributed by atoms with van der Waals surface area (Å²) < 4.78 is 11.9. The Morgan fingerprint density at radius 1 is 1.26 bits per heavy atom. The number of hydrogen-bond acceptors (Lipinski definition) is 3. The number of morpholine rings is 1. The van der Waals surface area contributed by atoms with Crippen molar-refractivity contribution in [2.24, 2.45) is 0 Å². The molecule has 1 fully saturated rings. The van der Waals surface area contributed by atoms with E-state index in [1.54, 1.807) is 7.11 Å². The molecular formula is C18H18BrNO3. The van der Waals surface area contributed by atoms with Crippen molar-refractivity contribution in [2.45, 2.75) is 6.10 Å². The molecule has 1 atom stereocenters. The quantitative estimate of drug-likeness (QED) is 0.821. The van der Waals surface area contributed by atoms with Gasteiger partial charge in [-0.2, -0.15) is 0 Å². The van der Waals surface area contributed by atoms with Gasteiger partial charge in [-0.3, -0.25) is 4.79 Å². The number of nitrogens with zero attached hydrogens (tertiary/aromatic N) is 1. The Balaban J connectivity index is 1.73. The number of methoxy groups -OCH3 is 1. The average Bonchev–Trinajstić information content (AvgIpc) is 2.61. The second-order valence-electron chi connectivity index (χ2n) is 5.39. The van der Waals surface area contributed by atoms with Crippen LogP contribution in [-0.4, -0.2) is 37.6 Å². The number of hydrogen-bond donors (Lipinski definition) is 0. The Labute approximate surface area is 144 Å². The first kappa shape index (κ1) is 16.0. The van der Waals surface area contributed by atoms with E-state index in [0.29, 0.717) is 25.3 Å². The fourth-order valence-corrected chi connectivity index (χ4v) is 3.06. The standard InChI is InChI=1S/C18H18BrNO3/c1-22-16-7-5-13(6-8-16)17-12-20(9-10-23-17)18(21)14-3-2-4-15(19)11-14/h2-8,11,17H,9-10,12H2,1H3. The summed E-state index contributed by atoms with van der Waals surface area (Å²) in [5.74, 6) is 0.847. The molecule has 1 aliphatic rings. The fraction of sp³-hybridized carbons (Fsp3) is 0.278. The van der Waals surface area contributed by atoms with Crippen LogP contribution in [-0.2, 0) is 4.74 Å². The Bertz CT molecular complexity index is 687. The molecule has 2 aromatic carbocycles. The molecule has 0 spiro atoms. The van der Waals surface area contributed by atoms with Crippen LogP contribution in [0.5, 0.6) is 5.75 Å². The molecule has 0 saturated carbocycles. The lowest BCUT2D eigenvalue weighted by molar-refractivity contribution is -0.0228. The van der Waals surface area contributed by atoms with Crippen molar-refractivity contribution in [3.05, 3.63) is 64.1 Å². The molecule has 2 aromatic rings. The van der Waals surface area contributed by atoms with Crippen LogP contribution in [0.25, 0.3) is 0 Å². The second-order valence-corrected chi connectivity index (χ2v) is 6.31. The van der Waals surface area contributed by atoms with Crippen LogP contribution in [0.15, 0.2) is 53.0 Å². The zero-order valence-electron chi connectivity index (χ0n) is 12.9. The first-order valence-electron chi connectivity index (χ1n) is 7.48. The van der Waals surface area contributed by atoms with Gasteiger partial charge in [0.2, 0.25) is 0 Å². The molecule has 1 unspecified atom stereocenters. The third-order valence-corrected chi connectivity index (χ3v) is 4.41. The first-order valence-corrected chi connectivity index (χ1v) is 8.27. The summed E-state index contributed by atoms with van der Waals surface area (Å²) in [6.07, 6.45) is -0.106. The lowest BCUT2D eigenvalue weighted by Gasteiger charge is -2.33. The molecule has 1 heterocycles. The highest BCUT2D eigenvalue weighted by molar-refractivity contribution is 9.10. The van der Waals surface area contributed by atoms with Crippen LogP contribution in [0.3, 0.4) is 0 Å². The highest BCUT2D eigenvalue weighted by Crippen LogP contribution is 2.25. The first-order chi connectivity index (χ1) is 11.2. The Morgan fingerprint density at radius 3 is 2.74 bits per heavy atom. The Morgan fingerprint density at radius 2 is 2.04 bits per heavy atom. The van der Waals surface area contributed by atoms with Gasteiger partial charge in [0.1, 0.15) is 11.9 Å². The SMILES string of the molecule is COc1ccc(C2CN(C(=O)c3cccc(Br)c3)CCO2)cc1. The van der Waals surface area contributed by atoms with Crippen LogP contribution in [0.1, 0.15) is 22.0 Å². The highest BCUT2D eigenvalue weighted by Gasteiger charge is 2.26. The van der Waals surface area contributed by atoms with Gasteiger partial charge in [-0.15, -0.1) is 0 Å². The molecule has 0 N–H and O–H groups in total. The van der Waals surface area contributed by atoms with E-state index in [1.165, 1.54) is 0 Å². The van der Waals surface area contributed by atoms with E-state index in [1.807, 2.05) is 53.4 Å². The summed E-state index contributed by atoms with van der Waals surface area (Å²) in [5.41, 5.74) is 1.74. The van der Waals surface area contributed by atoms with Gasteiger partial charge in [0.05, 0.1) is 20.3 Å². The lowest BCUT2D eigenvalue weighted by Crippen LogP contribution is -2.42. The smallest absolute Gasteiger partial charge is 0.254 e. The van der Waals surface area contributed by atoms with E-state index in [-0.39, 0.29) is 12.0 Å². The topological polar surface area (TPSA) is 38.8 Å². The summed E-state index contributed by atoms with van der Waals surface area (Å²) in [4.78, 5) is 14.5. The zero-order valence-corrected chi connectivity index (χ0v) is 14.5. The molecule has 23 heavy (non-hydrogen) atoms. The molecule has 120 valence electrons. The molecule has 1 saturated heterocycles. The van der Waals surface area contributed by atoms with Crippen molar-refractivity contribution in [3.63, 3.8) is 0 Å². The number of amides is 1. The molecule has 3 rings (SSSR count). The third kappa shape index (κ3) is 3.74. The molecule has 0 aromatic heterocycles. The summed E-state index contributed by atoms with van der Waals surface area (Å²) >= 11 is 3.41. The van der Waals surface area contributed by atoms with Gasteiger partial charge in [0, 0.05) is 16.6 Å². The predicted molar refractivity (Wildman–Crippen MR) is 91.7 cm³/mol. The van der Waals surface area contributed by atoms with Crippen molar-refractivity contribution in [3.8, 4) is 5.75 Å². The maximum atomic E-state index is 12.7. The van der Waals surface area contributed by atoms with E-state index < -0.39 is 0 Å². The van der Waals surface area contributed by atoms with Crippen LogP contribution >= 0.6 is 15.9 Å². The third-order valence-electron chi connectivity index (χ3n) is 3.91. The van der Waals surface area contributed by atoms with E-state index in [4.69, 9.17) is 9.47 Å². The van der Waals surface area contributed by atoms with E-state index in [2.05, 4.69) is 15.9 Å². The predicted octanol–water partition coefficient (Wildman–Crippen LogP) is 3.67. The molecule has 0 bridgehead atoms. The largest absolute Gasteiger partial charge is 0.497 e. The maximum Gasteiger partial charge on any atom is 0.254 e. The van der Waals surface area contributed by atoms with Crippen molar-refractivity contribution in [1.82, 2.24) is 4.90 Å². The fourth-order valence-electron chi connectivity index (χ4n) is 2.66. The molecule has 0 radical (unpaired) electrons. The molecule has 1 aliphatic heterocycles. The van der Waals surface area contributed by atoms with E-state index in [9.17, 15) is 4.79 Å². The number of carbonyl (C=O) groups excluding carboxylic acids is 1. The van der Waals surface area contributed by atoms with Gasteiger partial charge in [-0.1, -0.05) is 34.1 Å². The summed E-state index contributed by atoms with van der Waals surface area (Å²) in [7, 11) is 1.64. The van der Waals surface area contributed by atoms with Crippen LogP contribution in [0.2, 0.25) is 0 Å².